The summed E-state index contributed by atoms with van der Waals surface area (Å²) in [5.41, 5.74) is 2.49. The summed E-state index contributed by atoms with van der Waals surface area (Å²) in [4.78, 5) is 36.2. The molecule has 0 aromatic carbocycles. The van der Waals surface area contributed by atoms with E-state index < -0.39 is 5.91 Å². The Bertz CT molecular complexity index is 1000. The summed E-state index contributed by atoms with van der Waals surface area (Å²) in [5.74, 6) is 0.291. The molecule has 0 aliphatic heterocycles. The molecule has 4 rings (SSSR count). The Morgan fingerprint density at radius 3 is 3.00 bits per heavy atom. The number of fused-ring (bicyclic) bond motifs is 1. The molecule has 8 heteroatoms. The van der Waals surface area contributed by atoms with Crippen molar-refractivity contribution in [3.8, 4) is 11.5 Å². The van der Waals surface area contributed by atoms with Crippen molar-refractivity contribution < 1.29 is 4.79 Å². The van der Waals surface area contributed by atoms with Gasteiger partial charge in [-0.2, -0.15) is 0 Å². The Morgan fingerprint density at radius 1 is 1.36 bits per heavy atom. The van der Waals surface area contributed by atoms with Crippen molar-refractivity contribution in [2.24, 2.45) is 7.05 Å². The number of nitrogens with zero attached hydrogens (tertiary/aromatic N) is 3. The number of aromatic amines is 1. The first-order valence-electron chi connectivity index (χ1n) is 8.11. The molecule has 0 saturated heterocycles. The fourth-order valence-corrected chi connectivity index (χ4v) is 3.74. The quantitative estimate of drug-likeness (QED) is 0.754. The van der Waals surface area contributed by atoms with Gasteiger partial charge in [-0.1, -0.05) is 0 Å². The Balaban J connectivity index is 1.58. The lowest BCUT2D eigenvalue weighted by molar-refractivity contribution is 0.102. The van der Waals surface area contributed by atoms with Crippen LogP contribution in [-0.4, -0.2) is 25.4 Å². The molecule has 0 atom stereocenters. The van der Waals surface area contributed by atoms with Gasteiger partial charge in [0.2, 0.25) is 0 Å². The third-order valence-electron chi connectivity index (χ3n) is 4.36. The highest BCUT2D eigenvalue weighted by Crippen LogP contribution is 2.24. The van der Waals surface area contributed by atoms with E-state index >= 15 is 0 Å². The van der Waals surface area contributed by atoms with Crippen LogP contribution in [0.2, 0.25) is 0 Å². The van der Waals surface area contributed by atoms with Gasteiger partial charge in [0.25, 0.3) is 11.5 Å². The standard InChI is InChI=1S/C17H17N5O2S/c1-22-7-6-18-14(22)13-9-25-17(20-13)21-16(24)11-8-10-4-2-3-5-12(10)19-15(11)23/h6-9H,2-5H2,1H3,(H,19,23)(H,20,21,24). The molecule has 0 saturated carbocycles. The SMILES string of the molecule is Cn1ccnc1-c1csc(NC(=O)c2cc3c([nH]c2=O)CCCC3)n1. The number of hydrogen-bond donors (Lipinski definition) is 2. The van der Waals surface area contributed by atoms with Crippen molar-refractivity contribution in [2.45, 2.75) is 25.7 Å². The minimum absolute atomic E-state index is 0.134. The van der Waals surface area contributed by atoms with Crippen LogP contribution in [0.15, 0.2) is 28.6 Å². The Kier molecular flexibility index (Phi) is 3.96. The molecule has 7 nitrogen and oxygen atoms in total. The van der Waals surface area contributed by atoms with Crippen molar-refractivity contribution in [1.82, 2.24) is 19.5 Å². The topological polar surface area (TPSA) is 92.7 Å². The highest BCUT2D eigenvalue weighted by Gasteiger charge is 2.18. The Morgan fingerprint density at radius 2 is 2.20 bits per heavy atom. The van der Waals surface area contributed by atoms with Gasteiger partial charge in [0, 0.05) is 30.5 Å². The van der Waals surface area contributed by atoms with Gasteiger partial charge in [-0.15, -0.1) is 11.3 Å². The van der Waals surface area contributed by atoms with Crippen LogP contribution in [-0.2, 0) is 19.9 Å². The summed E-state index contributed by atoms with van der Waals surface area (Å²) >= 11 is 1.31. The number of H-pyrrole nitrogens is 1. The number of nitrogens with one attached hydrogen (secondary N) is 2. The number of amides is 1. The van der Waals surface area contributed by atoms with Crippen LogP contribution in [0.1, 0.15) is 34.5 Å². The normalized spacial score (nSPS) is 13.5. The molecule has 0 bridgehead atoms. The zero-order valence-corrected chi connectivity index (χ0v) is 14.5. The molecule has 1 aliphatic carbocycles. The minimum atomic E-state index is -0.435. The van der Waals surface area contributed by atoms with Crippen molar-refractivity contribution in [3.05, 3.63) is 51.0 Å². The van der Waals surface area contributed by atoms with E-state index in [1.54, 1.807) is 12.3 Å². The van der Waals surface area contributed by atoms with E-state index in [2.05, 4.69) is 20.3 Å². The monoisotopic (exact) mass is 355 g/mol. The summed E-state index contributed by atoms with van der Waals surface area (Å²) < 4.78 is 1.86. The molecule has 0 spiro atoms. The zero-order chi connectivity index (χ0) is 17.4. The van der Waals surface area contributed by atoms with Gasteiger partial charge in [0.1, 0.15) is 11.3 Å². The number of thiazole rings is 1. The smallest absolute Gasteiger partial charge is 0.263 e. The number of carbonyl (C=O) groups excluding carboxylic acids is 1. The van der Waals surface area contributed by atoms with Crippen molar-refractivity contribution in [3.63, 3.8) is 0 Å². The molecular formula is C17H17N5O2S. The van der Waals surface area contributed by atoms with Gasteiger partial charge in [-0.05, 0) is 37.3 Å². The molecule has 128 valence electrons. The summed E-state index contributed by atoms with van der Waals surface area (Å²) in [6.07, 6.45) is 7.45. The first-order valence-corrected chi connectivity index (χ1v) is 8.99. The molecule has 0 fully saturated rings. The van der Waals surface area contributed by atoms with E-state index in [0.717, 1.165) is 42.8 Å². The van der Waals surface area contributed by atoms with E-state index in [1.807, 2.05) is 23.2 Å². The first kappa shape index (κ1) is 15.8. The average molecular weight is 355 g/mol. The maximum absolute atomic E-state index is 12.5. The lowest BCUT2D eigenvalue weighted by Crippen LogP contribution is -2.26. The summed E-state index contributed by atoms with van der Waals surface area (Å²) in [6.45, 7) is 0. The number of aryl methyl sites for hydroxylation is 3. The molecule has 2 N–H and O–H groups in total. The molecule has 3 aromatic rings. The van der Waals surface area contributed by atoms with Crippen LogP contribution in [0, 0.1) is 0 Å². The number of anilines is 1. The van der Waals surface area contributed by atoms with Gasteiger partial charge in [-0.3, -0.25) is 14.9 Å². The van der Waals surface area contributed by atoms with Gasteiger partial charge < -0.3 is 9.55 Å². The molecule has 3 heterocycles. The van der Waals surface area contributed by atoms with Gasteiger partial charge in [0.05, 0.1) is 0 Å². The summed E-state index contributed by atoms with van der Waals surface area (Å²) in [7, 11) is 1.88. The maximum atomic E-state index is 12.5. The fraction of sp³-hybridized carbons (Fsp3) is 0.294. The van der Waals surface area contributed by atoms with E-state index in [1.165, 1.54) is 11.3 Å². The van der Waals surface area contributed by atoms with Crippen LogP contribution in [0.25, 0.3) is 11.5 Å². The number of imidazole rings is 1. The van der Waals surface area contributed by atoms with Crippen molar-refractivity contribution >= 4 is 22.4 Å². The van der Waals surface area contributed by atoms with Crippen LogP contribution in [0.5, 0.6) is 0 Å². The second kappa shape index (κ2) is 6.29. The summed E-state index contributed by atoms with van der Waals surface area (Å²) in [6, 6.07) is 1.72. The van der Waals surface area contributed by atoms with Crippen LogP contribution < -0.4 is 10.9 Å². The maximum Gasteiger partial charge on any atom is 0.263 e. The lowest BCUT2D eigenvalue weighted by atomic mass is 9.95. The zero-order valence-electron chi connectivity index (χ0n) is 13.7. The van der Waals surface area contributed by atoms with Gasteiger partial charge >= 0.3 is 0 Å². The fourth-order valence-electron chi connectivity index (χ4n) is 3.05. The van der Waals surface area contributed by atoms with Crippen LogP contribution >= 0.6 is 11.3 Å². The number of pyridine rings is 1. The van der Waals surface area contributed by atoms with E-state index in [-0.39, 0.29) is 11.1 Å². The predicted octanol–water partition coefficient (Wildman–Crippen LogP) is 2.36. The van der Waals surface area contributed by atoms with Crippen LogP contribution in [0.4, 0.5) is 5.13 Å². The average Bonchev–Trinajstić information content (AvgIpc) is 3.22. The first-order chi connectivity index (χ1) is 12.1. The van der Waals surface area contributed by atoms with Crippen LogP contribution in [0.3, 0.4) is 0 Å². The molecule has 0 radical (unpaired) electrons. The Labute approximate surface area is 147 Å². The lowest BCUT2D eigenvalue weighted by Gasteiger charge is -2.15. The van der Waals surface area contributed by atoms with Gasteiger partial charge in [0.15, 0.2) is 11.0 Å². The van der Waals surface area contributed by atoms with E-state index in [0.29, 0.717) is 10.8 Å². The highest BCUT2D eigenvalue weighted by molar-refractivity contribution is 7.14. The van der Waals surface area contributed by atoms with E-state index in [9.17, 15) is 9.59 Å². The second-order valence-electron chi connectivity index (χ2n) is 6.08. The molecule has 25 heavy (non-hydrogen) atoms. The number of aromatic nitrogens is 4. The number of carbonyl (C=O) groups is 1. The number of hydrogen-bond acceptors (Lipinski definition) is 5. The summed E-state index contributed by atoms with van der Waals surface area (Å²) in [5, 5.41) is 4.99. The second-order valence-corrected chi connectivity index (χ2v) is 6.93. The molecule has 0 unspecified atom stereocenters. The molecule has 1 aliphatic rings. The third kappa shape index (κ3) is 3.00. The molecule has 1 amide bonds. The highest BCUT2D eigenvalue weighted by atomic mass is 32.1. The number of rotatable bonds is 3. The Hall–Kier alpha value is -2.74. The third-order valence-corrected chi connectivity index (χ3v) is 5.12. The van der Waals surface area contributed by atoms with E-state index in [4.69, 9.17) is 0 Å². The minimum Gasteiger partial charge on any atom is -0.333 e. The molecule has 3 aromatic heterocycles. The van der Waals surface area contributed by atoms with Crippen molar-refractivity contribution in [1.29, 1.82) is 0 Å². The van der Waals surface area contributed by atoms with Crippen molar-refractivity contribution in [2.75, 3.05) is 5.32 Å². The predicted molar refractivity (Wildman–Crippen MR) is 96.0 cm³/mol. The van der Waals surface area contributed by atoms with Gasteiger partial charge in [-0.25, -0.2) is 9.97 Å². The molecular weight excluding hydrogens is 338 g/mol. The largest absolute Gasteiger partial charge is 0.333 e.